The van der Waals surface area contributed by atoms with E-state index in [9.17, 15) is 14.7 Å². The number of carbonyl (C=O) groups excluding carboxylic acids is 1. The molecule has 0 radical (unpaired) electrons. The van der Waals surface area contributed by atoms with Crippen LogP contribution in [0.2, 0.25) is 0 Å². The lowest BCUT2D eigenvalue weighted by Crippen LogP contribution is -2.33. The number of hydrogen-bond donors (Lipinski definition) is 3. The van der Waals surface area contributed by atoms with E-state index in [4.69, 9.17) is 5.11 Å². The van der Waals surface area contributed by atoms with Crippen molar-refractivity contribution in [1.82, 2.24) is 0 Å². The molecule has 1 aliphatic carbocycles. The van der Waals surface area contributed by atoms with Crippen LogP contribution in [-0.4, -0.2) is 22.1 Å². The predicted molar refractivity (Wildman–Crippen MR) is 113 cm³/mol. The molecule has 2 aromatic carbocycles. The highest BCUT2D eigenvalue weighted by Crippen LogP contribution is 2.46. The Bertz CT molecular complexity index is 928. The van der Waals surface area contributed by atoms with Crippen molar-refractivity contribution >= 4 is 17.6 Å². The van der Waals surface area contributed by atoms with Crippen molar-refractivity contribution in [1.29, 1.82) is 0 Å². The lowest BCUT2D eigenvalue weighted by molar-refractivity contribution is -0.139. The number of amides is 1. The monoisotopic (exact) mass is 395 g/mol. The van der Waals surface area contributed by atoms with Crippen LogP contribution in [0, 0.1) is 0 Å². The minimum absolute atomic E-state index is 0.0630. The van der Waals surface area contributed by atoms with Gasteiger partial charge >= 0.3 is 5.97 Å². The lowest BCUT2D eigenvalue weighted by atomic mass is 9.63. The van der Waals surface area contributed by atoms with Crippen LogP contribution in [0.1, 0.15) is 80.1 Å². The van der Waals surface area contributed by atoms with E-state index in [1.54, 1.807) is 24.3 Å². The van der Waals surface area contributed by atoms with E-state index in [0.717, 1.165) is 18.5 Å². The number of aliphatic hydroxyl groups excluding tert-OH is 1. The topological polar surface area (TPSA) is 86.6 Å². The van der Waals surface area contributed by atoms with Crippen LogP contribution >= 0.6 is 0 Å². The highest BCUT2D eigenvalue weighted by atomic mass is 16.4. The average molecular weight is 395 g/mol. The summed E-state index contributed by atoms with van der Waals surface area (Å²) in [6, 6.07) is 12.5. The Hall–Kier alpha value is -2.66. The predicted octanol–water partition coefficient (Wildman–Crippen LogP) is 4.80. The molecule has 0 aliphatic heterocycles. The fraction of sp³-hybridized carbons (Fsp3) is 0.417. The number of carbonyl (C=O) groups is 2. The summed E-state index contributed by atoms with van der Waals surface area (Å²) < 4.78 is 0. The Labute approximate surface area is 171 Å². The molecule has 3 rings (SSSR count). The van der Waals surface area contributed by atoms with Crippen LogP contribution in [0.3, 0.4) is 0 Å². The summed E-state index contributed by atoms with van der Waals surface area (Å²) in [4.78, 5) is 23.4. The summed E-state index contributed by atoms with van der Waals surface area (Å²) in [6.45, 7) is 9.01. The van der Waals surface area contributed by atoms with Crippen LogP contribution in [0.4, 0.5) is 5.69 Å². The minimum Gasteiger partial charge on any atom is -0.481 e. The first-order valence-corrected chi connectivity index (χ1v) is 9.96. The van der Waals surface area contributed by atoms with E-state index < -0.39 is 12.1 Å². The van der Waals surface area contributed by atoms with Gasteiger partial charge in [0.15, 0.2) is 0 Å². The van der Waals surface area contributed by atoms with Crippen LogP contribution in [0.15, 0.2) is 42.5 Å². The summed E-state index contributed by atoms with van der Waals surface area (Å²) in [7, 11) is 0. The van der Waals surface area contributed by atoms with Crippen LogP contribution < -0.4 is 5.32 Å². The fourth-order valence-corrected chi connectivity index (χ4v) is 4.01. The zero-order valence-corrected chi connectivity index (χ0v) is 17.5. The summed E-state index contributed by atoms with van der Waals surface area (Å²) in [6.07, 6.45) is 0.784. The van der Waals surface area contributed by atoms with E-state index in [0.29, 0.717) is 11.1 Å². The second-order valence-corrected chi connectivity index (χ2v) is 9.22. The number of carboxylic acids is 1. The second-order valence-electron chi connectivity index (χ2n) is 9.22. The summed E-state index contributed by atoms with van der Waals surface area (Å²) in [5.41, 5.74) is 4.49. The van der Waals surface area contributed by atoms with Crippen LogP contribution in [0.25, 0.3) is 0 Å². The van der Waals surface area contributed by atoms with Gasteiger partial charge in [-0.25, -0.2) is 0 Å². The molecule has 1 aliphatic rings. The number of hydrogen-bond acceptors (Lipinski definition) is 3. The van der Waals surface area contributed by atoms with Crippen molar-refractivity contribution in [3.63, 3.8) is 0 Å². The van der Waals surface area contributed by atoms with Gasteiger partial charge in [-0.15, -0.1) is 0 Å². The molecule has 1 unspecified atom stereocenters. The smallest absolute Gasteiger partial charge is 0.306 e. The van der Waals surface area contributed by atoms with Gasteiger partial charge in [0.1, 0.15) is 0 Å². The zero-order valence-electron chi connectivity index (χ0n) is 17.5. The lowest BCUT2D eigenvalue weighted by Gasteiger charge is -2.42. The molecule has 0 fully saturated rings. The molecular weight excluding hydrogens is 366 g/mol. The molecule has 3 N–H and O–H groups in total. The number of rotatable bonds is 5. The molecule has 5 nitrogen and oxygen atoms in total. The Kier molecular flexibility index (Phi) is 5.54. The van der Waals surface area contributed by atoms with Gasteiger partial charge < -0.3 is 15.5 Å². The molecule has 0 saturated carbocycles. The Morgan fingerprint density at radius 1 is 0.966 bits per heavy atom. The second kappa shape index (κ2) is 7.64. The van der Waals surface area contributed by atoms with Crippen molar-refractivity contribution < 1.29 is 19.8 Å². The standard InChI is InChI=1S/C24H29NO4/c1-23(2)11-12-24(3,4)19-13-17(9-10-18(19)23)25-22(29)16-7-5-15(6-8-16)20(26)14-21(27)28/h5-10,13,20,26H,11-12,14H2,1-4H3,(H,25,29)(H,27,28). The van der Waals surface area contributed by atoms with E-state index in [1.165, 1.54) is 11.1 Å². The fourth-order valence-electron chi connectivity index (χ4n) is 4.01. The van der Waals surface area contributed by atoms with E-state index >= 15 is 0 Å². The van der Waals surface area contributed by atoms with Crippen molar-refractivity contribution in [2.45, 2.75) is 63.9 Å². The normalized spacial score (nSPS) is 17.8. The van der Waals surface area contributed by atoms with Gasteiger partial charge in [-0.05, 0) is 64.6 Å². The largest absolute Gasteiger partial charge is 0.481 e. The molecule has 0 heterocycles. The quantitative estimate of drug-likeness (QED) is 0.679. The Balaban J connectivity index is 1.79. The van der Waals surface area contributed by atoms with Crippen molar-refractivity contribution in [3.05, 3.63) is 64.7 Å². The number of aliphatic carboxylic acids is 1. The van der Waals surface area contributed by atoms with Gasteiger partial charge in [0, 0.05) is 11.3 Å². The van der Waals surface area contributed by atoms with Gasteiger partial charge in [0.05, 0.1) is 12.5 Å². The molecule has 5 heteroatoms. The first-order chi connectivity index (χ1) is 13.5. The van der Waals surface area contributed by atoms with E-state index in [1.807, 2.05) is 6.07 Å². The number of nitrogens with one attached hydrogen (secondary N) is 1. The first-order valence-electron chi connectivity index (χ1n) is 9.96. The molecule has 0 bridgehead atoms. The molecule has 29 heavy (non-hydrogen) atoms. The first kappa shape index (κ1) is 21.1. The third-order valence-electron chi connectivity index (χ3n) is 6.04. The van der Waals surface area contributed by atoms with Gasteiger partial charge in [-0.2, -0.15) is 0 Å². The highest BCUT2D eigenvalue weighted by Gasteiger charge is 2.37. The molecule has 1 amide bonds. The SMILES string of the molecule is CC1(C)CCC(C)(C)c2cc(NC(=O)c3ccc(C(O)CC(=O)O)cc3)ccc21. The molecule has 154 valence electrons. The van der Waals surface area contributed by atoms with Crippen molar-refractivity contribution in [2.24, 2.45) is 0 Å². The van der Waals surface area contributed by atoms with Crippen molar-refractivity contribution in [3.8, 4) is 0 Å². The van der Waals surface area contributed by atoms with Gasteiger partial charge in [0.2, 0.25) is 0 Å². The van der Waals surface area contributed by atoms with Crippen molar-refractivity contribution in [2.75, 3.05) is 5.32 Å². The summed E-state index contributed by atoms with van der Waals surface area (Å²) >= 11 is 0. The molecule has 0 saturated heterocycles. The molecule has 0 spiro atoms. The Morgan fingerprint density at radius 3 is 2.14 bits per heavy atom. The maximum Gasteiger partial charge on any atom is 0.306 e. The minimum atomic E-state index is -1.09. The third-order valence-corrected chi connectivity index (χ3v) is 6.04. The van der Waals surface area contributed by atoms with Gasteiger partial charge in [0.25, 0.3) is 5.91 Å². The number of benzene rings is 2. The van der Waals surface area contributed by atoms with E-state index in [2.05, 4.69) is 45.1 Å². The average Bonchev–Trinajstić information content (AvgIpc) is 2.65. The zero-order chi connectivity index (χ0) is 21.4. The summed E-state index contributed by atoms with van der Waals surface area (Å²) in [5, 5.41) is 21.6. The van der Waals surface area contributed by atoms with Gasteiger partial charge in [-0.3, -0.25) is 9.59 Å². The Morgan fingerprint density at radius 2 is 1.55 bits per heavy atom. The maximum absolute atomic E-state index is 12.7. The number of aliphatic hydroxyl groups is 1. The van der Waals surface area contributed by atoms with E-state index in [-0.39, 0.29) is 23.2 Å². The molecule has 1 atom stereocenters. The third kappa shape index (κ3) is 4.51. The number of carboxylic acid groups (broad SMARTS) is 1. The molecule has 2 aromatic rings. The molecular formula is C24H29NO4. The van der Waals surface area contributed by atoms with Gasteiger partial charge in [-0.1, -0.05) is 45.9 Å². The van der Waals surface area contributed by atoms with Crippen LogP contribution in [0.5, 0.6) is 0 Å². The number of anilines is 1. The summed E-state index contributed by atoms with van der Waals surface area (Å²) in [5.74, 6) is -1.31. The number of fused-ring (bicyclic) bond motifs is 1. The maximum atomic E-state index is 12.7. The van der Waals surface area contributed by atoms with Crippen LogP contribution in [-0.2, 0) is 15.6 Å². The highest BCUT2D eigenvalue weighted by molar-refractivity contribution is 6.04. The molecule has 0 aromatic heterocycles.